The van der Waals surface area contributed by atoms with Gasteiger partial charge in [-0.15, -0.1) is 0 Å². The van der Waals surface area contributed by atoms with Gasteiger partial charge >= 0.3 is 0 Å². The molecule has 1 heterocycles. The molecule has 0 aromatic carbocycles. The number of carbonyl (C=O) groups excluding carboxylic acids is 1. The van der Waals surface area contributed by atoms with Crippen LogP contribution in [0, 0.1) is 5.92 Å². The highest BCUT2D eigenvalue weighted by Gasteiger charge is 2.28. The Balaban J connectivity index is 1.97. The van der Waals surface area contributed by atoms with Crippen LogP contribution in [0.15, 0.2) is 0 Å². The van der Waals surface area contributed by atoms with Crippen LogP contribution in [0.4, 0.5) is 5.13 Å². The molecule has 0 aliphatic heterocycles. The minimum atomic E-state index is -0.135. The maximum Gasteiger partial charge on any atom is 0.187 e. The smallest absolute Gasteiger partial charge is 0.187 e. The Morgan fingerprint density at radius 2 is 2.38 bits per heavy atom. The van der Waals surface area contributed by atoms with Gasteiger partial charge in [-0.05, 0) is 18.8 Å². The SMILES string of the molecule is CN(CC1CC(O)C1)c1nc(Cl)c(C=O)s1. The molecule has 0 radical (unpaired) electrons. The summed E-state index contributed by atoms with van der Waals surface area (Å²) in [6, 6.07) is 0. The summed E-state index contributed by atoms with van der Waals surface area (Å²) in [4.78, 5) is 17.2. The topological polar surface area (TPSA) is 53.4 Å². The van der Waals surface area contributed by atoms with Crippen LogP contribution in [-0.2, 0) is 0 Å². The fraction of sp³-hybridized carbons (Fsp3) is 0.600. The molecule has 1 aromatic heterocycles. The number of anilines is 1. The van der Waals surface area contributed by atoms with Gasteiger partial charge in [-0.25, -0.2) is 4.98 Å². The Labute approximate surface area is 103 Å². The number of hydrogen-bond acceptors (Lipinski definition) is 5. The van der Waals surface area contributed by atoms with Crippen LogP contribution in [-0.4, -0.2) is 36.1 Å². The van der Waals surface area contributed by atoms with Crippen LogP contribution >= 0.6 is 22.9 Å². The fourth-order valence-corrected chi connectivity index (χ4v) is 2.89. The Kier molecular flexibility index (Phi) is 3.47. The molecule has 1 saturated carbocycles. The molecule has 0 bridgehead atoms. The number of nitrogens with zero attached hydrogens (tertiary/aromatic N) is 2. The maximum atomic E-state index is 10.6. The van der Waals surface area contributed by atoms with Crippen LogP contribution in [0.1, 0.15) is 22.5 Å². The molecule has 1 aliphatic rings. The molecular weight excluding hydrogens is 248 g/mol. The number of aliphatic hydroxyl groups is 1. The van der Waals surface area contributed by atoms with Crippen molar-refractivity contribution in [1.82, 2.24) is 4.98 Å². The number of carbonyl (C=O) groups is 1. The van der Waals surface area contributed by atoms with Crippen molar-refractivity contribution < 1.29 is 9.90 Å². The van der Waals surface area contributed by atoms with Gasteiger partial charge < -0.3 is 10.0 Å². The molecule has 0 saturated heterocycles. The normalized spacial score (nSPS) is 23.9. The van der Waals surface area contributed by atoms with Crippen molar-refractivity contribution in [3.8, 4) is 0 Å². The van der Waals surface area contributed by atoms with E-state index in [4.69, 9.17) is 11.6 Å². The molecular formula is C10H13ClN2O2S. The highest BCUT2D eigenvalue weighted by molar-refractivity contribution is 7.17. The molecule has 6 heteroatoms. The monoisotopic (exact) mass is 260 g/mol. The molecule has 1 fully saturated rings. The molecule has 0 unspecified atom stereocenters. The average Bonchev–Trinajstić information content (AvgIpc) is 2.57. The molecule has 2 rings (SSSR count). The van der Waals surface area contributed by atoms with Crippen molar-refractivity contribution in [3.05, 3.63) is 10.0 Å². The second kappa shape index (κ2) is 4.69. The van der Waals surface area contributed by atoms with Crippen molar-refractivity contribution in [2.45, 2.75) is 18.9 Å². The number of halogens is 1. The Bertz CT molecular complexity index is 390. The quantitative estimate of drug-likeness (QED) is 0.839. The molecule has 88 valence electrons. The third-order valence-electron chi connectivity index (χ3n) is 2.77. The van der Waals surface area contributed by atoms with Gasteiger partial charge in [0.05, 0.1) is 6.10 Å². The summed E-state index contributed by atoms with van der Waals surface area (Å²) in [5, 5.41) is 10.2. The van der Waals surface area contributed by atoms with E-state index >= 15 is 0 Å². The first kappa shape index (κ1) is 11.8. The predicted octanol–water partition coefficient (Wildman–Crippen LogP) is 1.82. The van der Waals surface area contributed by atoms with E-state index in [-0.39, 0.29) is 11.3 Å². The van der Waals surface area contributed by atoms with Crippen molar-refractivity contribution >= 4 is 34.4 Å². The van der Waals surface area contributed by atoms with E-state index in [0.717, 1.165) is 30.8 Å². The van der Waals surface area contributed by atoms with E-state index in [1.807, 2.05) is 11.9 Å². The van der Waals surface area contributed by atoms with Gasteiger partial charge in [0, 0.05) is 13.6 Å². The molecule has 1 N–H and O–H groups in total. The zero-order valence-electron chi connectivity index (χ0n) is 8.89. The van der Waals surface area contributed by atoms with Crippen molar-refractivity contribution in [2.24, 2.45) is 5.92 Å². The minimum Gasteiger partial charge on any atom is -0.393 e. The number of aliphatic hydroxyl groups excluding tert-OH is 1. The third-order valence-corrected chi connectivity index (χ3v) is 4.27. The molecule has 0 spiro atoms. The maximum absolute atomic E-state index is 10.6. The second-order valence-corrected chi connectivity index (χ2v) is 5.51. The van der Waals surface area contributed by atoms with Crippen molar-refractivity contribution in [3.63, 3.8) is 0 Å². The zero-order valence-corrected chi connectivity index (χ0v) is 10.5. The van der Waals surface area contributed by atoms with Gasteiger partial charge in [-0.3, -0.25) is 4.79 Å². The van der Waals surface area contributed by atoms with E-state index in [1.165, 1.54) is 11.3 Å². The third kappa shape index (κ3) is 2.36. The Morgan fingerprint density at radius 1 is 1.69 bits per heavy atom. The summed E-state index contributed by atoms with van der Waals surface area (Å²) < 4.78 is 0. The predicted molar refractivity (Wildman–Crippen MR) is 64.5 cm³/mol. The lowest BCUT2D eigenvalue weighted by molar-refractivity contribution is 0.0465. The number of aldehydes is 1. The van der Waals surface area contributed by atoms with Crippen molar-refractivity contribution in [1.29, 1.82) is 0 Å². The van der Waals surface area contributed by atoms with Gasteiger partial charge in [0.1, 0.15) is 4.88 Å². The number of aromatic nitrogens is 1. The summed E-state index contributed by atoms with van der Waals surface area (Å²) in [6.45, 7) is 0.846. The Morgan fingerprint density at radius 3 is 2.88 bits per heavy atom. The second-order valence-electron chi connectivity index (χ2n) is 4.14. The lowest BCUT2D eigenvalue weighted by atomic mass is 9.82. The van der Waals surface area contributed by atoms with Crippen LogP contribution < -0.4 is 4.90 Å². The Hall–Kier alpha value is -0.650. The average molecular weight is 261 g/mol. The highest BCUT2D eigenvalue weighted by Crippen LogP contribution is 2.32. The van der Waals surface area contributed by atoms with Gasteiger partial charge in [0.15, 0.2) is 16.6 Å². The molecule has 1 aromatic rings. The van der Waals surface area contributed by atoms with E-state index in [1.54, 1.807) is 0 Å². The van der Waals surface area contributed by atoms with E-state index in [0.29, 0.717) is 10.8 Å². The van der Waals surface area contributed by atoms with E-state index < -0.39 is 0 Å². The van der Waals surface area contributed by atoms with E-state index in [2.05, 4.69) is 4.98 Å². The van der Waals surface area contributed by atoms with Gasteiger partial charge in [-0.1, -0.05) is 22.9 Å². The summed E-state index contributed by atoms with van der Waals surface area (Å²) in [5.41, 5.74) is 0. The standard InChI is InChI=1S/C10H13ClN2O2S/c1-13(4-6-2-7(15)3-6)10-12-9(11)8(5-14)16-10/h5-7,15H,2-4H2,1H3. The van der Waals surface area contributed by atoms with Crippen LogP contribution in [0.2, 0.25) is 5.15 Å². The number of hydrogen-bond donors (Lipinski definition) is 1. The number of thiazole rings is 1. The summed E-state index contributed by atoms with van der Waals surface area (Å²) >= 11 is 7.10. The first-order valence-electron chi connectivity index (χ1n) is 5.11. The van der Waals surface area contributed by atoms with Crippen LogP contribution in [0.5, 0.6) is 0 Å². The molecule has 1 aliphatic carbocycles. The molecule has 0 atom stereocenters. The fourth-order valence-electron chi connectivity index (χ4n) is 1.85. The first-order chi connectivity index (χ1) is 7.60. The van der Waals surface area contributed by atoms with Crippen LogP contribution in [0.3, 0.4) is 0 Å². The summed E-state index contributed by atoms with van der Waals surface area (Å²) in [7, 11) is 1.93. The molecule has 4 nitrogen and oxygen atoms in total. The summed E-state index contributed by atoms with van der Waals surface area (Å²) in [5.74, 6) is 0.516. The van der Waals surface area contributed by atoms with Gasteiger partial charge in [0.25, 0.3) is 0 Å². The van der Waals surface area contributed by atoms with Crippen LogP contribution in [0.25, 0.3) is 0 Å². The van der Waals surface area contributed by atoms with Crippen molar-refractivity contribution in [2.75, 3.05) is 18.5 Å². The lowest BCUT2D eigenvalue weighted by Crippen LogP contribution is -2.37. The van der Waals surface area contributed by atoms with Gasteiger partial charge in [-0.2, -0.15) is 0 Å². The first-order valence-corrected chi connectivity index (χ1v) is 6.30. The molecule has 16 heavy (non-hydrogen) atoms. The minimum absolute atomic E-state index is 0.135. The molecule has 0 amide bonds. The lowest BCUT2D eigenvalue weighted by Gasteiger charge is -2.34. The summed E-state index contributed by atoms with van der Waals surface area (Å²) in [6.07, 6.45) is 2.29. The van der Waals surface area contributed by atoms with E-state index in [9.17, 15) is 9.90 Å². The largest absolute Gasteiger partial charge is 0.393 e. The zero-order chi connectivity index (χ0) is 11.7. The highest BCUT2D eigenvalue weighted by atomic mass is 35.5. The van der Waals surface area contributed by atoms with Gasteiger partial charge in [0.2, 0.25) is 0 Å². The number of rotatable bonds is 4.